The van der Waals surface area contributed by atoms with E-state index < -0.39 is 24.3 Å². The van der Waals surface area contributed by atoms with Gasteiger partial charge in [0.05, 0.1) is 38.7 Å². The Labute approximate surface area is 233 Å². The number of allylic oxidation sites excluding steroid dienone is 1. The van der Waals surface area contributed by atoms with Gasteiger partial charge in [-0.2, -0.15) is 5.10 Å². The first kappa shape index (κ1) is 28.8. The summed E-state index contributed by atoms with van der Waals surface area (Å²) >= 11 is 2.09. The Morgan fingerprint density at radius 2 is 1.97 bits per heavy atom. The van der Waals surface area contributed by atoms with E-state index in [1.54, 1.807) is 44.2 Å². The summed E-state index contributed by atoms with van der Waals surface area (Å²) in [7, 11) is 2.72. The third kappa shape index (κ3) is 6.98. The van der Waals surface area contributed by atoms with Crippen molar-refractivity contribution in [1.82, 2.24) is 16.1 Å². The molecule has 0 unspecified atom stereocenters. The lowest BCUT2D eigenvalue weighted by Gasteiger charge is -2.28. The molecule has 0 aromatic heterocycles. The molecular weight excluding hydrogens is 611 g/mol. The van der Waals surface area contributed by atoms with E-state index in [1.807, 2.05) is 0 Å². The van der Waals surface area contributed by atoms with Crippen molar-refractivity contribution in [3.05, 3.63) is 56.3 Å². The summed E-state index contributed by atoms with van der Waals surface area (Å²) in [6, 6.07) is 7.11. The van der Waals surface area contributed by atoms with Crippen LogP contribution in [0.15, 0.2) is 46.7 Å². The van der Waals surface area contributed by atoms with Gasteiger partial charge < -0.3 is 39.8 Å². The van der Waals surface area contributed by atoms with Crippen molar-refractivity contribution >= 4 is 40.8 Å². The molecule has 2 aromatic carbocycles. The Morgan fingerprint density at radius 3 is 2.66 bits per heavy atom. The number of phenolic OH excluding ortho intramolecular Hbond substituents is 1. The Hall–Kier alpha value is -3.72. The molecule has 38 heavy (non-hydrogen) atoms. The van der Waals surface area contributed by atoms with E-state index in [4.69, 9.17) is 18.9 Å². The van der Waals surface area contributed by atoms with Gasteiger partial charge in [0.25, 0.3) is 0 Å². The highest BCUT2D eigenvalue weighted by atomic mass is 127. The molecule has 2 atom stereocenters. The number of nitrogens with one attached hydrogen (secondary N) is 3. The van der Waals surface area contributed by atoms with E-state index in [-0.39, 0.29) is 17.9 Å². The van der Waals surface area contributed by atoms with E-state index >= 15 is 0 Å². The van der Waals surface area contributed by atoms with E-state index in [0.29, 0.717) is 40.7 Å². The summed E-state index contributed by atoms with van der Waals surface area (Å²) in [5.74, 6) is 0.343. The van der Waals surface area contributed by atoms with Gasteiger partial charge >= 0.3 is 12.0 Å². The number of aliphatic hydroxyl groups is 1. The van der Waals surface area contributed by atoms with E-state index in [2.05, 4.69) is 43.8 Å². The number of amides is 2. The van der Waals surface area contributed by atoms with Crippen molar-refractivity contribution in [1.29, 1.82) is 0 Å². The van der Waals surface area contributed by atoms with Crippen LogP contribution in [0.25, 0.3) is 0 Å². The number of methoxy groups -OCH3 is 2. The number of carbonyl (C=O) groups excluding carboxylic acids is 2. The lowest BCUT2D eigenvalue weighted by Crippen LogP contribution is -2.45. The van der Waals surface area contributed by atoms with Gasteiger partial charge in [0.2, 0.25) is 0 Å². The number of aliphatic hydroxyl groups excluding tert-OH is 1. The molecule has 12 nitrogen and oxygen atoms in total. The number of aromatic hydroxyl groups is 1. The number of hydrogen-bond acceptors (Lipinski definition) is 10. The van der Waals surface area contributed by atoms with Gasteiger partial charge in [0.15, 0.2) is 29.2 Å². The summed E-state index contributed by atoms with van der Waals surface area (Å²) in [5, 5.41) is 29.8. The molecule has 1 heterocycles. The number of esters is 1. The molecule has 0 fully saturated rings. The van der Waals surface area contributed by atoms with Gasteiger partial charge in [0.1, 0.15) is 6.61 Å². The Bertz CT molecular complexity index is 1250. The normalized spacial score (nSPS) is 15.9. The minimum Gasteiger partial charge on any atom is -0.504 e. The van der Waals surface area contributed by atoms with Crippen molar-refractivity contribution in [2.24, 2.45) is 5.10 Å². The fourth-order valence-corrected chi connectivity index (χ4v) is 4.28. The minimum absolute atomic E-state index is 0.0732. The molecular formula is C25H29IN4O8. The number of nitrogens with zero attached hydrogens (tertiary/aromatic N) is 1. The fraction of sp³-hybridized carbons (Fsp3) is 0.320. The number of carbonyl (C=O) groups is 2. The number of ether oxygens (including phenoxy) is 4. The fourth-order valence-electron chi connectivity index (χ4n) is 3.66. The third-order valence-corrected chi connectivity index (χ3v) is 6.01. The summed E-state index contributed by atoms with van der Waals surface area (Å²) < 4.78 is 22.3. The van der Waals surface area contributed by atoms with Crippen LogP contribution >= 0.6 is 22.6 Å². The van der Waals surface area contributed by atoms with Gasteiger partial charge in [-0.05, 0) is 66.3 Å². The molecule has 0 radical (unpaired) electrons. The quantitative estimate of drug-likeness (QED) is 0.0818. The maximum atomic E-state index is 12.4. The van der Waals surface area contributed by atoms with Gasteiger partial charge in [-0.3, -0.25) is 5.43 Å². The predicted molar refractivity (Wildman–Crippen MR) is 146 cm³/mol. The van der Waals surface area contributed by atoms with Crippen molar-refractivity contribution in [3.63, 3.8) is 0 Å². The average Bonchev–Trinajstić information content (AvgIpc) is 2.88. The molecule has 0 saturated carbocycles. The number of hydrogen-bond donors (Lipinski definition) is 5. The van der Waals surface area contributed by atoms with E-state index in [0.717, 1.165) is 3.57 Å². The van der Waals surface area contributed by atoms with E-state index in [1.165, 1.54) is 20.4 Å². The van der Waals surface area contributed by atoms with Crippen molar-refractivity contribution < 1.29 is 38.7 Å². The van der Waals surface area contributed by atoms with Crippen LogP contribution in [0.5, 0.6) is 23.0 Å². The number of hydrazone groups is 1. The number of benzene rings is 2. The third-order valence-electron chi connectivity index (χ3n) is 5.39. The van der Waals surface area contributed by atoms with E-state index in [9.17, 15) is 19.8 Å². The SMILES string of the molecule is CCOc1cc([C@@H]2NC(=O)NC(C)=C2C(=O)OC)ccc1OC[C@@H](O)N/N=C/c1cc(I)cc(OC)c1O. The molecule has 1 aliphatic heterocycles. The molecule has 13 heteroatoms. The Kier molecular flexibility index (Phi) is 10.0. The number of halogens is 1. The number of urea groups is 1. The predicted octanol–water partition coefficient (Wildman–Crippen LogP) is 2.53. The van der Waals surface area contributed by atoms with Crippen molar-refractivity contribution in [3.8, 4) is 23.0 Å². The largest absolute Gasteiger partial charge is 0.504 e. The monoisotopic (exact) mass is 640 g/mol. The molecule has 2 amide bonds. The van der Waals surface area contributed by atoms with Gasteiger partial charge in [-0.1, -0.05) is 6.07 Å². The lowest BCUT2D eigenvalue weighted by atomic mass is 9.95. The zero-order chi connectivity index (χ0) is 27.8. The first-order chi connectivity index (χ1) is 18.2. The van der Waals surface area contributed by atoms with Gasteiger partial charge in [0, 0.05) is 14.8 Å². The van der Waals surface area contributed by atoms with Crippen LogP contribution in [0.2, 0.25) is 0 Å². The molecule has 0 bridgehead atoms. The lowest BCUT2D eigenvalue weighted by molar-refractivity contribution is -0.136. The highest BCUT2D eigenvalue weighted by molar-refractivity contribution is 14.1. The van der Waals surface area contributed by atoms with Gasteiger partial charge in [-0.25, -0.2) is 9.59 Å². The molecule has 0 aliphatic carbocycles. The second-order valence-corrected chi connectivity index (χ2v) is 9.21. The zero-order valence-corrected chi connectivity index (χ0v) is 23.4. The van der Waals surface area contributed by atoms with Crippen molar-refractivity contribution in [2.75, 3.05) is 27.4 Å². The van der Waals surface area contributed by atoms with Crippen LogP contribution in [0.3, 0.4) is 0 Å². The summed E-state index contributed by atoms with van der Waals surface area (Å²) in [5.41, 5.74) is 4.16. The molecule has 204 valence electrons. The first-order valence-corrected chi connectivity index (χ1v) is 12.6. The Morgan fingerprint density at radius 1 is 1.21 bits per heavy atom. The Balaban J connectivity index is 1.72. The van der Waals surface area contributed by atoms with Crippen LogP contribution in [-0.2, 0) is 9.53 Å². The highest BCUT2D eigenvalue weighted by Crippen LogP contribution is 2.35. The number of rotatable bonds is 11. The minimum atomic E-state index is -1.19. The van der Waals surface area contributed by atoms with Crippen LogP contribution in [0.4, 0.5) is 4.79 Å². The average molecular weight is 640 g/mol. The highest BCUT2D eigenvalue weighted by Gasteiger charge is 2.32. The topological polar surface area (TPSA) is 160 Å². The summed E-state index contributed by atoms with van der Waals surface area (Å²) in [4.78, 5) is 24.5. The molecule has 2 aromatic rings. The summed E-state index contributed by atoms with van der Waals surface area (Å²) in [6.45, 7) is 3.55. The van der Waals surface area contributed by atoms with Crippen LogP contribution in [0, 0.1) is 3.57 Å². The molecule has 0 saturated heterocycles. The molecule has 5 N–H and O–H groups in total. The molecule has 3 rings (SSSR count). The smallest absolute Gasteiger partial charge is 0.337 e. The number of phenols is 1. The summed E-state index contributed by atoms with van der Waals surface area (Å²) in [6.07, 6.45) is 0.165. The first-order valence-electron chi connectivity index (χ1n) is 11.5. The van der Waals surface area contributed by atoms with Crippen LogP contribution < -0.4 is 30.3 Å². The standard InChI is InChI=1S/C25H29IN4O8/c1-5-37-18-9-14(22-21(24(33)36-4)13(2)28-25(34)29-22)6-7-17(18)38-12-20(31)30-27-11-15-8-16(26)10-19(35-3)23(15)32/h6-11,20,22,30-32H,5,12H2,1-4H3,(H2,28,29,34)/b27-11+/t20-,22+/m1/s1. The van der Waals surface area contributed by atoms with Crippen molar-refractivity contribution in [2.45, 2.75) is 26.1 Å². The molecule has 0 spiro atoms. The second kappa shape index (κ2) is 13.2. The zero-order valence-electron chi connectivity index (χ0n) is 21.2. The van der Waals surface area contributed by atoms with Gasteiger partial charge in [-0.15, -0.1) is 0 Å². The maximum absolute atomic E-state index is 12.4. The molecule has 1 aliphatic rings. The maximum Gasteiger partial charge on any atom is 0.337 e. The second-order valence-electron chi connectivity index (χ2n) is 7.96. The van der Waals surface area contributed by atoms with Crippen LogP contribution in [-0.4, -0.2) is 62.1 Å². The van der Waals surface area contributed by atoms with Crippen LogP contribution in [0.1, 0.15) is 31.0 Å².